The topological polar surface area (TPSA) is 0 Å². The first-order valence-electron chi connectivity index (χ1n) is 10.9. The van der Waals surface area contributed by atoms with Gasteiger partial charge in [0.25, 0.3) is 0 Å². The number of hydrogen-bond donors (Lipinski definition) is 0. The summed E-state index contributed by atoms with van der Waals surface area (Å²) < 4.78 is 0. The molecule has 114 valence electrons. The zero-order valence-electron chi connectivity index (χ0n) is 13.5. The van der Waals surface area contributed by atoms with E-state index in [2.05, 4.69) is 6.92 Å². The molecule has 12 aliphatic carbocycles. The van der Waals surface area contributed by atoms with Crippen LogP contribution >= 0.6 is 0 Å². The second kappa shape index (κ2) is 2.19. The lowest BCUT2D eigenvalue weighted by atomic mass is 9.67. The van der Waals surface area contributed by atoms with Gasteiger partial charge in [0.2, 0.25) is 0 Å². The van der Waals surface area contributed by atoms with E-state index in [0.717, 1.165) is 16.2 Å². The summed E-state index contributed by atoms with van der Waals surface area (Å²) in [4.78, 5) is 0. The smallest absolute Gasteiger partial charge is 0.0102 e. The van der Waals surface area contributed by atoms with E-state index in [9.17, 15) is 0 Å². The predicted molar refractivity (Wildman–Crippen MR) is 81.4 cm³/mol. The summed E-state index contributed by atoms with van der Waals surface area (Å²) in [6.07, 6.45) is 8.16. The van der Waals surface area contributed by atoms with Gasteiger partial charge in [-0.25, -0.2) is 0 Å². The molecule has 12 fully saturated rings. The summed E-state index contributed by atoms with van der Waals surface area (Å²) >= 11 is 0. The molecule has 0 aromatic carbocycles. The predicted octanol–water partition coefficient (Wildman–Crippen LogP) is 4.06. The van der Waals surface area contributed by atoms with E-state index in [4.69, 9.17) is 0 Å². The van der Waals surface area contributed by atoms with E-state index >= 15 is 0 Å². The highest BCUT2D eigenvalue weighted by atomic mass is 15.2. The highest BCUT2D eigenvalue weighted by Gasteiger charge is 3.14. The second-order valence-corrected chi connectivity index (χ2v) is 11.9. The molecule has 0 spiro atoms. The van der Waals surface area contributed by atoms with Crippen LogP contribution in [0.15, 0.2) is 0 Å². The third-order valence-electron chi connectivity index (χ3n) is 13.1. The van der Waals surface area contributed by atoms with Crippen LogP contribution < -0.4 is 0 Å². The highest BCUT2D eigenvalue weighted by Crippen LogP contribution is 3.17. The maximum atomic E-state index is 2.45. The molecule has 12 aliphatic rings. The van der Waals surface area contributed by atoms with Gasteiger partial charge in [-0.15, -0.1) is 0 Å². The average Bonchev–Trinajstić information content (AvgIpc) is 3.45. The summed E-state index contributed by atoms with van der Waals surface area (Å²) in [5.41, 5.74) is 3.04. The zero-order valence-corrected chi connectivity index (χ0v) is 13.5. The Morgan fingerprint density at radius 3 is 1.91 bits per heavy atom. The number of rotatable bonds is 4. The monoisotopic (exact) mass is 290 g/mol. The van der Waals surface area contributed by atoms with Gasteiger partial charge in [0.1, 0.15) is 0 Å². The Labute approximate surface area is 132 Å². The molecule has 0 heterocycles. The van der Waals surface area contributed by atoms with Gasteiger partial charge in [0.05, 0.1) is 0 Å². The molecule has 0 N–H and O–H groups in total. The van der Waals surface area contributed by atoms with Crippen molar-refractivity contribution in [2.45, 2.75) is 39.0 Å². The molecular weight excluding hydrogens is 264 g/mol. The molecule has 0 aromatic rings. The summed E-state index contributed by atoms with van der Waals surface area (Å²) in [6, 6.07) is 0. The van der Waals surface area contributed by atoms with Crippen molar-refractivity contribution in [2.24, 2.45) is 93.2 Å². The van der Waals surface area contributed by atoms with Gasteiger partial charge in [-0.05, 0) is 112 Å². The standard InChI is InChI=1S/C22H26/c1-2-3-4-20-13-9-6-10(14(13)20)18-17(9)22(18,20)21-15-7-5-8(16(15)21)12-11(7)19(12)21/h7-19H,2-6H2,1H3/t7-,8+,9-,10+,11-,12-,13-,14-,15+,16+,17+,18+,19?,20?,21?,22?/m1/s1. The van der Waals surface area contributed by atoms with Crippen LogP contribution in [0.25, 0.3) is 0 Å². The minimum Gasteiger partial charge on any atom is -0.0654 e. The van der Waals surface area contributed by atoms with Gasteiger partial charge in [-0.2, -0.15) is 0 Å². The van der Waals surface area contributed by atoms with Crippen LogP contribution in [0.5, 0.6) is 0 Å². The first kappa shape index (κ1) is 10.1. The third kappa shape index (κ3) is 0.493. The Kier molecular flexibility index (Phi) is 1.00. The minimum atomic E-state index is 0.984. The third-order valence-corrected chi connectivity index (χ3v) is 13.1. The van der Waals surface area contributed by atoms with Crippen LogP contribution in [0.1, 0.15) is 39.0 Å². The van der Waals surface area contributed by atoms with Crippen LogP contribution in [0, 0.1) is 93.2 Å². The molecule has 0 heteroatoms. The molecule has 12 saturated carbocycles. The Bertz CT molecular complexity index is 683. The summed E-state index contributed by atoms with van der Waals surface area (Å²) in [6.45, 7) is 2.45. The lowest BCUT2D eigenvalue weighted by Crippen LogP contribution is -2.33. The number of unbranched alkanes of at least 4 members (excludes halogenated alkanes) is 1. The highest BCUT2D eigenvalue weighted by molar-refractivity contribution is 5.60. The molecule has 22 heavy (non-hydrogen) atoms. The van der Waals surface area contributed by atoms with Crippen molar-refractivity contribution in [3.8, 4) is 0 Å². The first-order valence-corrected chi connectivity index (χ1v) is 10.9. The molecule has 0 nitrogen and oxygen atoms in total. The van der Waals surface area contributed by atoms with E-state index < -0.39 is 0 Å². The van der Waals surface area contributed by atoms with Crippen LogP contribution in [0.2, 0.25) is 0 Å². The zero-order chi connectivity index (χ0) is 13.5. The Morgan fingerprint density at radius 2 is 1.36 bits per heavy atom. The molecular formula is C22H26. The summed E-state index contributed by atoms with van der Waals surface area (Å²) in [5.74, 6) is 16.9. The van der Waals surface area contributed by atoms with Crippen molar-refractivity contribution in [1.82, 2.24) is 0 Å². The van der Waals surface area contributed by atoms with Crippen LogP contribution in [-0.2, 0) is 0 Å². The van der Waals surface area contributed by atoms with Crippen LogP contribution in [0.4, 0.5) is 0 Å². The van der Waals surface area contributed by atoms with E-state index in [1.807, 2.05) is 0 Å². The largest absolute Gasteiger partial charge is 0.0654 e. The van der Waals surface area contributed by atoms with Gasteiger partial charge in [0, 0.05) is 0 Å². The van der Waals surface area contributed by atoms with Gasteiger partial charge in [0.15, 0.2) is 0 Å². The molecule has 0 saturated heterocycles. The molecule has 4 unspecified atom stereocenters. The fraction of sp³-hybridized carbons (Fsp3) is 1.00. The molecule has 16 atom stereocenters. The van der Waals surface area contributed by atoms with Crippen molar-refractivity contribution >= 4 is 0 Å². The van der Waals surface area contributed by atoms with Crippen molar-refractivity contribution in [1.29, 1.82) is 0 Å². The average molecular weight is 290 g/mol. The number of hydrogen-bond acceptors (Lipinski definition) is 0. The van der Waals surface area contributed by atoms with E-state index in [1.165, 1.54) is 83.4 Å². The Balaban J connectivity index is 1.25. The molecule has 12 rings (SSSR count). The summed E-state index contributed by atoms with van der Waals surface area (Å²) in [7, 11) is 0. The van der Waals surface area contributed by atoms with Crippen molar-refractivity contribution in [2.75, 3.05) is 0 Å². The second-order valence-electron chi connectivity index (χ2n) is 11.9. The van der Waals surface area contributed by atoms with Gasteiger partial charge in [-0.3, -0.25) is 0 Å². The van der Waals surface area contributed by atoms with E-state index in [-0.39, 0.29) is 0 Å². The Hall–Kier alpha value is 0. The van der Waals surface area contributed by atoms with Gasteiger partial charge >= 0.3 is 0 Å². The van der Waals surface area contributed by atoms with Crippen LogP contribution in [-0.4, -0.2) is 0 Å². The van der Waals surface area contributed by atoms with Crippen molar-refractivity contribution in [3.05, 3.63) is 0 Å². The maximum Gasteiger partial charge on any atom is -0.0102 e. The quantitative estimate of drug-likeness (QED) is 0.732. The molecule has 4 bridgehead atoms. The maximum absolute atomic E-state index is 2.45. The SMILES string of the molecule is CCCCC12[C@@H]3[C@H]4C[C@@H]([C@H]31)[C@H]1[C@H]4C12C12C3[C@@H]4[C@H]5C[C@@H]([C@@H]34)[C@H]1[C@H]52. The minimum absolute atomic E-state index is 0.984. The Morgan fingerprint density at radius 1 is 0.727 bits per heavy atom. The van der Waals surface area contributed by atoms with Crippen molar-refractivity contribution < 1.29 is 0 Å². The molecule has 0 aliphatic heterocycles. The van der Waals surface area contributed by atoms with Crippen molar-refractivity contribution in [3.63, 3.8) is 0 Å². The first-order chi connectivity index (χ1) is 10.9. The lowest BCUT2D eigenvalue weighted by Gasteiger charge is -2.36. The molecule has 0 radical (unpaired) electrons. The lowest BCUT2D eigenvalue weighted by molar-refractivity contribution is 0.100. The van der Waals surface area contributed by atoms with Gasteiger partial charge in [-0.1, -0.05) is 19.8 Å². The van der Waals surface area contributed by atoms with E-state index in [0.29, 0.717) is 0 Å². The fourth-order valence-electron chi connectivity index (χ4n) is 14.4. The normalized spacial score (nSPS) is 94.0. The van der Waals surface area contributed by atoms with Gasteiger partial charge < -0.3 is 0 Å². The van der Waals surface area contributed by atoms with Crippen LogP contribution in [0.3, 0.4) is 0 Å². The fourth-order valence-corrected chi connectivity index (χ4v) is 14.4. The molecule has 0 amide bonds. The van der Waals surface area contributed by atoms with E-state index in [1.54, 1.807) is 25.7 Å². The summed E-state index contributed by atoms with van der Waals surface area (Å²) in [5, 5.41) is 0. The molecule has 0 aromatic heterocycles.